The number of amides is 1. The highest BCUT2D eigenvalue weighted by atomic mass is 19.1. The third-order valence-electron chi connectivity index (χ3n) is 4.95. The van der Waals surface area contributed by atoms with E-state index in [0.29, 0.717) is 16.8 Å². The summed E-state index contributed by atoms with van der Waals surface area (Å²) < 4.78 is 18.0. The maximum Gasteiger partial charge on any atom is 0.355 e. The van der Waals surface area contributed by atoms with Crippen LogP contribution in [0.5, 0.6) is 0 Å². The molecule has 1 aliphatic heterocycles. The van der Waals surface area contributed by atoms with Crippen molar-refractivity contribution in [2.75, 3.05) is 7.11 Å². The molecule has 1 saturated carbocycles. The van der Waals surface area contributed by atoms with E-state index in [1.54, 1.807) is 30.0 Å². The third kappa shape index (κ3) is 3.36. The van der Waals surface area contributed by atoms with Crippen molar-refractivity contribution in [3.8, 4) is 0 Å². The Morgan fingerprint density at radius 2 is 1.84 bits per heavy atom. The van der Waals surface area contributed by atoms with Crippen LogP contribution in [0, 0.1) is 5.82 Å². The average molecular weight is 343 g/mol. The molecule has 3 rings (SSSR count). The summed E-state index contributed by atoms with van der Waals surface area (Å²) in [6.07, 6.45) is 6.76. The summed E-state index contributed by atoms with van der Waals surface area (Å²) in [4.78, 5) is 27.0. The molecule has 5 heteroatoms. The standard InChI is InChI=1S/C20H22FNO3/c1-13-17(12-14-8-10-15(21)11-9-14)19(23)22(18(13)20(24)25-2)16-6-4-3-5-7-16/h8-12,16H,3-7H2,1-2H3/b17-12-. The maximum atomic E-state index is 13.1. The Kier molecular flexibility index (Phi) is 5.02. The molecule has 1 aliphatic carbocycles. The van der Waals surface area contributed by atoms with Gasteiger partial charge in [0.2, 0.25) is 0 Å². The van der Waals surface area contributed by atoms with E-state index < -0.39 is 5.97 Å². The van der Waals surface area contributed by atoms with Crippen molar-refractivity contribution in [1.82, 2.24) is 4.90 Å². The van der Waals surface area contributed by atoms with Gasteiger partial charge in [0.15, 0.2) is 0 Å². The predicted octanol–water partition coefficient (Wildman–Crippen LogP) is 3.83. The van der Waals surface area contributed by atoms with E-state index >= 15 is 0 Å². The van der Waals surface area contributed by atoms with Crippen molar-refractivity contribution in [2.45, 2.75) is 45.1 Å². The zero-order valence-electron chi connectivity index (χ0n) is 14.5. The van der Waals surface area contributed by atoms with Gasteiger partial charge in [0, 0.05) is 11.6 Å². The summed E-state index contributed by atoms with van der Waals surface area (Å²) in [5.74, 6) is -0.987. The highest BCUT2D eigenvalue weighted by Crippen LogP contribution is 2.36. The van der Waals surface area contributed by atoms with Crippen LogP contribution in [-0.2, 0) is 14.3 Å². The molecule has 132 valence electrons. The summed E-state index contributed by atoms with van der Waals surface area (Å²) in [6, 6.07) is 5.97. The molecule has 0 unspecified atom stereocenters. The molecule has 25 heavy (non-hydrogen) atoms. The number of esters is 1. The molecule has 0 N–H and O–H groups in total. The molecule has 1 heterocycles. The number of rotatable bonds is 3. The largest absolute Gasteiger partial charge is 0.464 e. The van der Waals surface area contributed by atoms with Crippen LogP contribution in [0.3, 0.4) is 0 Å². The van der Waals surface area contributed by atoms with Crippen molar-refractivity contribution < 1.29 is 18.7 Å². The Balaban J connectivity index is 2.01. The van der Waals surface area contributed by atoms with Crippen LogP contribution >= 0.6 is 0 Å². The quantitative estimate of drug-likeness (QED) is 0.619. The molecule has 0 radical (unpaired) electrons. The number of carbonyl (C=O) groups excluding carboxylic acids is 2. The molecule has 4 nitrogen and oxygen atoms in total. The lowest BCUT2D eigenvalue weighted by molar-refractivity contribution is -0.141. The van der Waals surface area contributed by atoms with Crippen molar-refractivity contribution >= 4 is 18.0 Å². The first-order valence-electron chi connectivity index (χ1n) is 8.63. The number of ether oxygens (including phenoxy) is 1. The van der Waals surface area contributed by atoms with E-state index in [4.69, 9.17) is 4.74 Å². The number of carbonyl (C=O) groups is 2. The SMILES string of the molecule is COC(=O)C1=C(C)/C(=C/c2ccc(F)cc2)C(=O)N1C1CCCCC1. The van der Waals surface area contributed by atoms with Crippen LogP contribution in [0.2, 0.25) is 0 Å². The minimum absolute atomic E-state index is 0.0319. The molecular weight excluding hydrogens is 321 g/mol. The second-order valence-corrected chi connectivity index (χ2v) is 6.54. The fourth-order valence-electron chi connectivity index (χ4n) is 3.63. The molecule has 0 bridgehead atoms. The van der Waals surface area contributed by atoms with Gasteiger partial charge in [-0.3, -0.25) is 9.69 Å². The van der Waals surface area contributed by atoms with Gasteiger partial charge in [-0.25, -0.2) is 9.18 Å². The number of halogens is 1. The van der Waals surface area contributed by atoms with E-state index in [9.17, 15) is 14.0 Å². The van der Waals surface area contributed by atoms with Gasteiger partial charge in [0.1, 0.15) is 11.5 Å². The zero-order chi connectivity index (χ0) is 18.0. The number of nitrogens with zero attached hydrogens (tertiary/aromatic N) is 1. The summed E-state index contributed by atoms with van der Waals surface area (Å²) >= 11 is 0. The molecule has 0 spiro atoms. The molecule has 0 saturated heterocycles. The molecule has 1 aromatic carbocycles. The van der Waals surface area contributed by atoms with Crippen LogP contribution in [0.25, 0.3) is 6.08 Å². The van der Waals surface area contributed by atoms with E-state index in [0.717, 1.165) is 37.7 Å². The Morgan fingerprint density at radius 1 is 1.20 bits per heavy atom. The van der Waals surface area contributed by atoms with Crippen molar-refractivity contribution in [3.05, 3.63) is 52.5 Å². The molecule has 2 aliphatic rings. The monoisotopic (exact) mass is 343 g/mol. The van der Waals surface area contributed by atoms with Gasteiger partial charge in [0.25, 0.3) is 5.91 Å². The zero-order valence-corrected chi connectivity index (χ0v) is 14.5. The molecule has 0 atom stereocenters. The molecule has 1 aromatic rings. The van der Waals surface area contributed by atoms with Gasteiger partial charge >= 0.3 is 5.97 Å². The van der Waals surface area contributed by atoms with Crippen LogP contribution in [0.15, 0.2) is 41.1 Å². The van der Waals surface area contributed by atoms with E-state index in [2.05, 4.69) is 0 Å². The lowest BCUT2D eigenvalue weighted by Gasteiger charge is -2.32. The van der Waals surface area contributed by atoms with Crippen LogP contribution in [-0.4, -0.2) is 29.9 Å². The van der Waals surface area contributed by atoms with Crippen molar-refractivity contribution in [3.63, 3.8) is 0 Å². The molecular formula is C20H22FNO3. The van der Waals surface area contributed by atoms with Gasteiger partial charge in [-0.15, -0.1) is 0 Å². The smallest absolute Gasteiger partial charge is 0.355 e. The number of hydrogen-bond donors (Lipinski definition) is 0. The second-order valence-electron chi connectivity index (χ2n) is 6.54. The number of benzene rings is 1. The lowest BCUT2D eigenvalue weighted by Crippen LogP contribution is -2.40. The lowest BCUT2D eigenvalue weighted by atomic mass is 9.94. The van der Waals surface area contributed by atoms with Gasteiger partial charge in [-0.2, -0.15) is 0 Å². The van der Waals surface area contributed by atoms with Gasteiger partial charge in [-0.1, -0.05) is 31.4 Å². The Bertz CT molecular complexity index is 743. The highest BCUT2D eigenvalue weighted by molar-refractivity contribution is 6.12. The van der Waals surface area contributed by atoms with E-state index in [1.165, 1.54) is 19.2 Å². The van der Waals surface area contributed by atoms with Crippen molar-refractivity contribution in [1.29, 1.82) is 0 Å². The first kappa shape index (κ1) is 17.4. The summed E-state index contributed by atoms with van der Waals surface area (Å²) in [6.45, 7) is 1.77. The highest BCUT2D eigenvalue weighted by Gasteiger charge is 2.41. The second kappa shape index (κ2) is 7.21. The van der Waals surface area contributed by atoms with Gasteiger partial charge in [0.05, 0.1) is 7.11 Å². The van der Waals surface area contributed by atoms with Crippen LogP contribution < -0.4 is 0 Å². The first-order valence-corrected chi connectivity index (χ1v) is 8.63. The summed E-state index contributed by atoms with van der Waals surface area (Å²) in [5.41, 5.74) is 2.15. The fourth-order valence-corrected chi connectivity index (χ4v) is 3.63. The summed E-state index contributed by atoms with van der Waals surface area (Å²) in [5, 5.41) is 0. The van der Waals surface area contributed by atoms with E-state index in [1.807, 2.05) is 0 Å². The third-order valence-corrected chi connectivity index (χ3v) is 4.95. The van der Waals surface area contributed by atoms with Crippen molar-refractivity contribution in [2.24, 2.45) is 0 Å². The predicted molar refractivity (Wildman–Crippen MR) is 92.8 cm³/mol. The molecule has 1 fully saturated rings. The Labute approximate surface area is 147 Å². The minimum atomic E-state index is -0.487. The Morgan fingerprint density at radius 3 is 2.44 bits per heavy atom. The number of methoxy groups -OCH3 is 1. The van der Waals surface area contributed by atoms with Crippen LogP contribution in [0.1, 0.15) is 44.6 Å². The van der Waals surface area contributed by atoms with Crippen LogP contribution in [0.4, 0.5) is 4.39 Å². The van der Waals surface area contributed by atoms with E-state index in [-0.39, 0.29) is 17.8 Å². The fraction of sp³-hybridized carbons (Fsp3) is 0.400. The Hall–Kier alpha value is -2.43. The number of hydrogen-bond acceptors (Lipinski definition) is 3. The van der Waals surface area contributed by atoms with Gasteiger partial charge in [-0.05, 0) is 49.1 Å². The first-order chi connectivity index (χ1) is 12.0. The molecule has 1 amide bonds. The van der Waals surface area contributed by atoms with Gasteiger partial charge < -0.3 is 4.74 Å². The minimum Gasteiger partial charge on any atom is -0.464 e. The topological polar surface area (TPSA) is 46.6 Å². The maximum absolute atomic E-state index is 13.1. The normalized spacial score (nSPS) is 20.5. The molecule has 0 aromatic heterocycles. The average Bonchev–Trinajstić information content (AvgIpc) is 2.88. The summed E-state index contributed by atoms with van der Waals surface area (Å²) in [7, 11) is 1.33.